The molecule has 0 spiro atoms. The van der Waals surface area contributed by atoms with E-state index in [9.17, 15) is 14.4 Å². The predicted octanol–water partition coefficient (Wildman–Crippen LogP) is 2.75. The van der Waals surface area contributed by atoms with E-state index in [4.69, 9.17) is 4.74 Å². The molecule has 0 aromatic heterocycles. The Bertz CT molecular complexity index is 614. The minimum Gasteiger partial charge on any atom is -0.469 e. The highest BCUT2D eigenvalue weighted by molar-refractivity contribution is 8.17. The fourth-order valence-electron chi connectivity index (χ4n) is 1.43. The van der Waals surface area contributed by atoms with Crippen molar-refractivity contribution in [3.8, 4) is 22.3 Å². The van der Waals surface area contributed by atoms with Crippen molar-refractivity contribution in [2.75, 3.05) is 20.8 Å². The number of allylic oxidation sites excluding steroid dienone is 1. The molecule has 0 bridgehead atoms. The Kier molecular flexibility index (Phi) is 12.8. The lowest BCUT2D eigenvalue weighted by atomic mass is 10.0. The van der Waals surface area contributed by atoms with E-state index >= 15 is 0 Å². The van der Waals surface area contributed by atoms with Gasteiger partial charge in [-0.2, -0.15) is 0 Å². The number of thioether (sulfide) groups is 2. The third kappa shape index (κ3) is 11.8. The van der Waals surface area contributed by atoms with Crippen molar-refractivity contribution in [3.63, 3.8) is 0 Å². The molecule has 0 aromatic carbocycles. The first kappa shape index (κ1) is 22.3. The van der Waals surface area contributed by atoms with E-state index < -0.39 is 0 Å². The van der Waals surface area contributed by atoms with Crippen LogP contribution in [0.25, 0.3) is 0 Å². The molecule has 0 radical (unpaired) electrons. The van der Waals surface area contributed by atoms with E-state index in [1.807, 2.05) is 0 Å². The summed E-state index contributed by atoms with van der Waals surface area (Å²) in [5.41, 5.74) is 1.33. The highest BCUT2D eigenvalue weighted by Gasteiger charge is 2.08. The maximum Gasteiger partial charge on any atom is 0.305 e. The summed E-state index contributed by atoms with van der Waals surface area (Å²) in [5, 5.41) is 5.20. The topological polar surface area (TPSA) is 69.7 Å². The Labute approximate surface area is 151 Å². The minimum absolute atomic E-state index is 0.108. The van der Waals surface area contributed by atoms with Crippen LogP contribution in [0.2, 0.25) is 0 Å². The van der Waals surface area contributed by atoms with Crippen molar-refractivity contribution in [1.82, 2.24) is 0 Å². The predicted molar refractivity (Wildman–Crippen MR) is 96.9 cm³/mol. The first-order valence-corrected chi connectivity index (χ1v) is 8.68. The number of ether oxygens (including phenoxy) is 2. The van der Waals surface area contributed by atoms with Crippen LogP contribution < -0.4 is 0 Å². The van der Waals surface area contributed by atoms with E-state index in [0.717, 1.165) is 23.5 Å². The standard InChI is InChI=1S/C17H20O5S2/c1-13(18)23-11-8-15(5-6-17(20)22-4)16(7-10-21-3)9-12-24-14(2)19/h5-7,10H2,1-4H3/b16-15+. The van der Waals surface area contributed by atoms with Gasteiger partial charge < -0.3 is 9.47 Å². The molecule has 5 nitrogen and oxygen atoms in total. The Morgan fingerprint density at radius 1 is 0.833 bits per heavy atom. The van der Waals surface area contributed by atoms with Crippen LogP contribution in [0.4, 0.5) is 0 Å². The molecule has 0 unspecified atom stereocenters. The second-order valence-electron chi connectivity index (χ2n) is 4.42. The summed E-state index contributed by atoms with van der Waals surface area (Å²) in [5.74, 6) is 5.44. The summed E-state index contributed by atoms with van der Waals surface area (Å²) in [6.07, 6.45) is 0.998. The van der Waals surface area contributed by atoms with Crippen LogP contribution in [0.5, 0.6) is 0 Å². The molecular formula is C17H20O5S2. The quantitative estimate of drug-likeness (QED) is 0.527. The van der Waals surface area contributed by atoms with Gasteiger partial charge in [0.1, 0.15) is 0 Å². The van der Waals surface area contributed by atoms with Gasteiger partial charge in [0.2, 0.25) is 0 Å². The summed E-state index contributed by atoms with van der Waals surface area (Å²) in [6.45, 7) is 3.28. The Balaban J connectivity index is 5.53. The number of rotatable bonds is 6. The van der Waals surface area contributed by atoms with Crippen LogP contribution in [0.3, 0.4) is 0 Å². The van der Waals surface area contributed by atoms with Crippen LogP contribution in [0, 0.1) is 22.3 Å². The van der Waals surface area contributed by atoms with Gasteiger partial charge in [0.05, 0.1) is 20.1 Å². The van der Waals surface area contributed by atoms with Gasteiger partial charge in [-0.1, -0.05) is 11.8 Å². The molecule has 7 heteroatoms. The molecule has 0 aliphatic carbocycles. The molecular weight excluding hydrogens is 348 g/mol. The van der Waals surface area contributed by atoms with Crippen LogP contribution in [0.1, 0.15) is 33.1 Å². The summed E-state index contributed by atoms with van der Waals surface area (Å²) in [6, 6.07) is 0. The van der Waals surface area contributed by atoms with Gasteiger partial charge in [0.15, 0.2) is 10.2 Å². The Morgan fingerprint density at radius 2 is 1.33 bits per heavy atom. The maximum absolute atomic E-state index is 11.4. The molecule has 0 aliphatic heterocycles. The van der Waals surface area contributed by atoms with Gasteiger partial charge in [-0.15, -0.1) is 0 Å². The fraction of sp³-hybridized carbons (Fsp3) is 0.471. The molecule has 0 amide bonds. The summed E-state index contributed by atoms with van der Waals surface area (Å²) in [7, 11) is 2.89. The molecule has 130 valence electrons. The van der Waals surface area contributed by atoms with Gasteiger partial charge in [0, 0.05) is 62.0 Å². The number of hydrogen-bond donors (Lipinski definition) is 0. The lowest BCUT2D eigenvalue weighted by Gasteiger charge is -2.05. The average Bonchev–Trinajstić information content (AvgIpc) is 2.53. The molecule has 0 aliphatic rings. The van der Waals surface area contributed by atoms with Crippen molar-refractivity contribution < 1.29 is 23.9 Å². The largest absolute Gasteiger partial charge is 0.469 e. The summed E-state index contributed by atoms with van der Waals surface area (Å²) < 4.78 is 9.70. The lowest BCUT2D eigenvalue weighted by Crippen LogP contribution is -2.02. The van der Waals surface area contributed by atoms with Gasteiger partial charge in [-0.3, -0.25) is 14.4 Å². The first-order chi connectivity index (χ1) is 11.4. The second kappa shape index (κ2) is 13.7. The van der Waals surface area contributed by atoms with Gasteiger partial charge >= 0.3 is 5.97 Å². The van der Waals surface area contributed by atoms with E-state index in [2.05, 4.69) is 27.1 Å². The van der Waals surface area contributed by atoms with Crippen LogP contribution in [-0.2, 0) is 23.9 Å². The van der Waals surface area contributed by atoms with Crippen LogP contribution >= 0.6 is 23.5 Å². The molecule has 24 heavy (non-hydrogen) atoms. The van der Waals surface area contributed by atoms with Crippen molar-refractivity contribution in [3.05, 3.63) is 11.1 Å². The fourth-order valence-corrected chi connectivity index (χ4v) is 2.06. The maximum atomic E-state index is 11.4. The average molecular weight is 368 g/mol. The summed E-state index contributed by atoms with van der Waals surface area (Å²) >= 11 is 1.77. The van der Waals surface area contributed by atoms with Gasteiger partial charge in [-0.05, 0) is 16.9 Å². The zero-order valence-corrected chi connectivity index (χ0v) is 15.8. The molecule has 0 aromatic rings. The third-order valence-corrected chi connectivity index (χ3v) is 3.50. The van der Waals surface area contributed by atoms with E-state index in [-0.39, 0.29) is 22.6 Å². The SMILES string of the molecule is COCC/C(C#CSC(C)=O)=C(\C#CSC(C)=O)CCC(=O)OC. The normalized spacial score (nSPS) is 10.5. The molecule has 0 saturated carbocycles. The van der Waals surface area contributed by atoms with E-state index in [1.165, 1.54) is 21.0 Å². The highest BCUT2D eigenvalue weighted by atomic mass is 32.2. The second-order valence-corrected chi connectivity index (χ2v) is 6.38. The minimum atomic E-state index is -0.356. The van der Waals surface area contributed by atoms with Gasteiger partial charge in [0.25, 0.3) is 0 Å². The number of carbonyl (C=O) groups excluding carboxylic acids is 3. The first-order valence-electron chi connectivity index (χ1n) is 7.05. The van der Waals surface area contributed by atoms with Crippen molar-refractivity contribution >= 4 is 39.7 Å². The van der Waals surface area contributed by atoms with Crippen molar-refractivity contribution in [1.29, 1.82) is 0 Å². The summed E-state index contributed by atoms with van der Waals surface area (Å²) in [4.78, 5) is 33.4. The van der Waals surface area contributed by atoms with E-state index in [1.54, 1.807) is 7.11 Å². The zero-order chi connectivity index (χ0) is 18.4. The molecule has 0 saturated heterocycles. The highest BCUT2D eigenvalue weighted by Crippen LogP contribution is 2.16. The number of hydrogen-bond acceptors (Lipinski definition) is 7. The lowest BCUT2D eigenvalue weighted by molar-refractivity contribution is -0.140. The molecule has 0 atom stereocenters. The van der Waals surface area contributed by atoms with Crippen LogP contribution in [0.15, 0.2) is 11.1 Å². The van der Waals surface area contributed by atoms with Crippen LogP contribution in [-0.4, -0.2) is 37.0 Å². The smallest absolute Gasteiger partial charge is 0.305 e. The monoisotopic (exact) mass is 368 g/mol. The van der Waals surface area contributed by atoms with Crippen molar-refractivity contribution in [2.45, 2.75) is 33.1 Å². The molecule has 0 fully saturated rings. The Morgan fingerprint density at radius 3 is 1.75 bits per heavy atom. The number of methoxy groups -OCH3 is 2. The Hall–Kier alpha value is -1.67. The third-order valence-electron chi connectivity index (χ3n) is 2.52. The van der Waals surface area contributed by atoms with E-state index in [0.29, 0.717) is 30.6 Å². The number of carbonyl (C=O) groups is 3. The van der Waals surface area contributed by atoms with Crippen molar-refractivity contribution in [2.24, 2.45) is 0 Å². The molecule has 0 N–H and O–H groups in total. The zero-order valence-electron chi connectivity index (χ0n) is 14.2. The molecule has 0 rings (SSSR count). The van der Waals surface area contributed by atoms with Gasteiger partial charge in [-0.25, -0.2) is 0 Å². The number of esters is 1. The molecule has 0 heterocycles.